The molecule has 9 heteroatoms. The van der Waals surface area contributed by atoms with E-state index in [1.807, 2.05) is 0 Å². The first-order chi connectivity index (χ1) is 10.5. The lowest BCUT2D eigenvalue weighted by atomic mass is 10.3. The van der Waals surface area contributed by atoms with E-state index in [-0.39, 0.29) is 11.6 Å². The van der Waals surface area contributed by atoms with Crippen LogP contribution >= 0.6 is 11.3 Å². The summed E-state index contributed by atoms with van der Waals surface area (Å²) in [6.45, 7) is 1.70. The van der Waals surface area contributed by atoms with Crippen molar-refractivity contribution in [2.75, 3.05) is 5.32 Å². The Balaban J connectivity index is 1.85. The molecule has 0 atom stereocenters. The van der Waals surface area contributed by atoms with E-state index in [1.165, 1.54) is 24.6 Å². The summed E-state index contributed by atoms with van der Waals surface area (Å²) in [6, 6.07) is 0. The number of amides is 1. The van der Waals surface area contributed by atoms with Gasteiger partial charge in [0.05, 0.1) is 23.1 Å². The lowest BCUT2D eigenvalue weighted by molar-refractivity contribution is 0.102. The van der Waals surface area contributed by atoms with Gasteiger partial charge in [-0.05, 0) is 6.92 Å². The Kier molecular flexibility index (Phi) is 3.49. The number of hydrogen-bond acceptors (Lipinski definition) is 5. The van der Waals surface area contributed by atoms with Gasteiger partial charge >= 0.3 is 0 Å². The Morgan fingerprint density at radius 3 is 2.77 bits per heavy atom. The second-order valence-corrected chi connectivity index (χ2v) is 5.63. The normalized spacial score (nSPS) is 10.9. The average Bonchev–Trinajstić information content (AvgIpc) is 3.13. The molecule has 0 spiro atoms. The fourth-order valence-corrected chi connectivity index (χ4v) is 2.93. The van der Waals surface area contributed by atoms with E-state index in [1.54, 1.807) is 30.2 Å². The summed E-state index contributed by atoms with van der Waals surface area (Å²) < 4.78 is 16.8. The standard InChI is InChI=1S/C13H13FN6OS/c1-7-10(11(14)20(3)18-7)13-17-9(6-22-13)12(21)16-8-4-15-19(2)5-8/h4-6H,1-3H3,(H,16,21). The number of hydrogen-bond donors (Lipinski definition) is 1. The van der Waals surface area contributed by atoms with Crippen molar-refractivity contribution in [1.29, 1.82) is 0 Å². The molecule has 1 N–H and O–H groups in total. The van der Waals surface area contributed by atoms with Crippen LogP contribution in [0.15, 0.2) is 17.8 Å². The molecular weight excluding hydrogens is 307 g/mol. The third kappa shape index (κ3) is 2.50. The highest BCUT2D eigenvalue weighted by Crippen LogP contribution is 2.29. The number of halogens is 1. The summed E-state index contributed by atoms with van der Waals surface area (Å²) in [5.41, 5.74) is 1.67. The van der Waals surface area contributed by atoms with Crippen LogP contribution in [-0.4, -0.2) is 30.5 Å². The molecule has 0 saturated carbocycles. The van der Waals surface area contributed by atoms with Crippen LogP contribution < -0.4 is 5.32 Å². The third-order valence-corrected chi connectivity index (χ3v) is 3.93. The van der Waals surface area contributed by atoms with Gasteiger partial charge in [0, 0.05) is 25.7 Å². The molecule has 3 aromatic rings. The molecule has 0 radical (unpaired) electrons. The second-order valence-electron chi connectivity index (χ2n) is 4.77. The van der Waals surface area contributed by atoms with Crippen molar-refractivity contribution in [3.8, 4) is 10.6 Å². The number of rotatable bonds is 3. The zero-order valence-corrected chi connectivity index (χ0v) is 13.0. The summed E-state index contributed by atoms with van der Waals surface area (Å²) in [7, 11) is 3.28. The van der Waals surface area contributed by atoms with Crippen molar-refractivity contribution in [2.24, 2.45) is 14.1 Å². The van der Waals surface area contributed by atoms with Crippen LogP contribution in [0, 0.1) is 12.9 Å². The van der Waals surface area contributed by atoms with E-state index in [9.17, 15) is 9.18 Å². The predicted octanol–water partition coefficient (Wildman–Crippen LogP) is 1.98. The minimum absolute atomic E-state index is 0.228. The van der Waals surface area contributed by atoms with Crippen molar-refractivity contribution >= 4 is 22.9 Å². The van der Waals surface area contributed by atoms with Crippen LogP contribution in [0.4, 0.5) is 10.1 Å². The van der Waals surface area contributed by atoms with E-state index >= 15 is 0 Å². The van der Waals surface area contributed by atoms with Gasteiger partial charge in [-0.1, -0.05) is 0 Å². The summed E-state index contributed by atoms with van der Waals surface area (Å²) >= 11 is 1.20. The van der Waals surface area contributed by atoms with Crippen LogP contribution in [0.25, 0.3) is 10.6 Å². The molecule has 114 valence electrons. The van der Waals surface area contributed by atoms with E-state index in [0.717, 1.165) is 4.68 Å². The zero-order valence-electron chi connectivity index (χ0n) is 12.2. The van der Waals surface area contributed by atoms with Crippen molar-refractivity contribution in [1.82, 2.24) is 24.5 Å². The summed E-state index contributed by atoms with van der Waals surface area (Å²) in [4.78, 5) is 16.3. The Bertz CT molecular complexity index is 849. The number of anilines is 1. The monoisotopic (exact) mass is 320 g/mol. The van der Waals surface area contributed by atoms with Crippen LogP contribution in [-0.2, 0) is 14.1 Å². The van der Waals surface area contributed by atoms with Crippen LogP contribution in [0.1, 0.15) is 16.2 Å². The average molecular weight is 320 g/mol. The predicted molar refractivity (Wildman–Crippen MR) is 80.2 cm³/mol. The van der Waals surface area contributed by atoms with Crippen molar-refractivity contribution < 1.29 is 9.18 Å². The molecular formula is C13H13FN6OS. The molecule has 0 aliphatic rings. The first kappa shape index (κ1) is 14.4. The van der Waals surface area contributed by atoms with Crippen LogP contribution in [0.2, 0.25) is 0 Å². The number of carbonyl (C=O) groups is 1. The van der Waals surface area contributed by atoms with Gasteiger partial charge in [-0.15, -0.1) is 11.3 Å². The SMILES string of the molecule is Cc1nn(C)c(F)c1-c1nc(C(=O)Nc2cnn(C)c2)cs1. The number of nitrogens with one attached hydrogen (secondary N) is 1. The number of thiazole rings is 1. The first-order valence-corrected chi connectivity index (χ1v) is 7.28. The molecule has 7 nitrogen and oxygen atoms in total. The quantitative estimate of drug-likeness (QED) is 0.800. The molecule has 3 rings (SSSR count). The molecule has 0 aromatic carbocycles. The maximum Gasteiger partial charge on any atom is 0.275 e. The Morgan fingerprint density at radius 1 is 1.41 bits per heavy atom. The highest BCUT2D eigenvalue weighted by Gasteiger charge is 2.20. The largest absolute Gasteiger partial charge is 0.318 e. The van der Waals surface area contributed by atoms with E-state index in [0.29, 0.717) is 22.0 Å². The molecule has 0 bridgehead atoms. The van der Waals surface area contributed by atoms with Gasteiger partial charge in [-0.2, -0.15) is 14.6 Å². The van der Waals surface area contributed by atoms with Crippen LogP contribution in [0.3, 0.4) is 0 Å². The molecule has 0 fully saturated rings. The molecule has 1 amide bonds. The maximum atomic E-state index is 14.0. The Labute approximate surface area is 129 Å². The summed E-state index contributed by atoms with van der Waals surface area (Å²) in [6.07, 6.45) is 3.21. The Morgan fingerprint density at radius 2 is 2.18 bits per heavy atom. The molecule has 3 heterocycles. The van der Waals surface area contributed by atoms with Crippen molar-refractivity contribution in [3.63, 3.8) is 0 Å². The lowest BCUT2D eigenvalue weighted by Crippen LogP contribution is -2.11. The Hall–Kier alpha value is -2.55. The minimum Gasteiger partial charge on any atom is -0.318 e. The van der Waals surface area contributed by atoms with E-state index in [2.05, 4.69) is 20.5 Å². The molecule has 0 aliphatic heterocycles. The third-order valence-electron chi connectivity index (χ3n) is 3.07. The molecule has 0 aliphatic carbocycles. The molecule has 3 aromatic heterocycles. The second kappa shape index (κ2) is 5.34. The van der Waals surface area contributed by atoms with Gasteiger partial charge in [0.15, 0.2) is 0 Å². The number of carbonyl (C=O) groups excluding carboxylic acids is 1. The van der Waals surface area contributed by atoms with Crippen LogP contribution in [0.5, 0.6) is 0 Å². The van der Waals surface area contributed by atoms with Gasteiger partial charge < -0.3 is 5.32 Å². The summed E-state index contributed by atoms with van der Waals surface area (Å²) in [5.74, 6) is -0.830. The van der Waals surface area contributed by atoms with E-state index in [4.69, 9.17) is 0 Å². The summed E-state index contributed by atoms with van der Waals surface area (Å²) in [5, 5.41) is 12.7. The topological polar surface area (TPSA) is 77.6 Å². The number of nitrogens with zero attached hydrogens (tertiary/aromatic N) is 5. The molecule has 0 unspecified atom stereocenters. The maximum absolute atomic E-state index is 14.0. The van der Waals surface area contributed by atoms with Gasteiger partial charge in [-0.3, -0.25) is 9.48 Å². The van der Waals surface area contributed by atoms with Crippen molar-refractivity contribution in [3.05, 3.63) is 35.1 Å². The van der Waals surface area contributed by atoms with E-state index < -0.39 is 5.95 Å². The highest BCUT2D eigenvalue weighted by atomic mass is 32.1. The fourth-order valence-electron chi connectivity index (χ4n) is 2.05. The molecule has 0 saturated heterocycles. The van der Waals surface area contributed by atoms with Gasteiger partial charge in [-0.25, -0.2) is 9.67 Å². The fraction of sp³-hybridized carbons (Fsp3) is 0.231. The first-order valence-electron chi connectivity index (χ1n) is 6.40. The smallest absolute Gasteiger partial charge is 0.275 e. The lowest BCUT2D eigenvalue weighted by Gasteiger charge is -1.98. The minimum atomic E-state index is -0.467. The highest BCUT2D eigenvalue weighted by molar-refractivity contribution is 7.13. The number of aryl methyl sites for hydroxylation is 3. The molecule has 22 heavy (non-hydrogen) atoms. The zero-order chi connectivity index (χ0) is 15.9. The van der Waals surface area contributed by atoms with Crippen molar-refractivity contribution in [2.45, 2.75) is 6.92 Å². The van der Waals surface area contributed by atoms with Gasteiger partial charge in [0.1, 0.15) is 10.7 Å². The number of aromatic nitrogens is 5. The van der Waals surface area contributed by atoms with Gasteiger partial charge in [0.2, 0.25) is 5.95 Å². The van der Waals surface area contributed by atoms with Gasteiger partial charge in [0.25, 0.3) is 5.91 Å².